The zero-order valence-corrected chi connectivity index (χ0v) is 20.7. The van der Waals surface area contributed by atoms with Gasteiger partial charge in [-0.25, -0.2) is 17.6 Å². The van der Waals surface area contributed by atoms with Crippen molar-refractivity contribution in [1.29, 1.82) is 5.26 Å². The molecule has 1 saturated carbocycles. The van der Waals surface area contributed by atoms with Crippen molar-refractivity contribution in [1.82, 2.24) is 0 Å². The van der Waals surface area contributed by atoms with E-state index in [1.165, 1.54) is 18.2 Å². The van der Waals surface area contributed by atoms with Gasteiger partial charge in [0.1, 0.15) is 40.7 Å². The highest BCUT2D eigenvalue weighted by atomic mass is 19.3. The summed E-state index contributed by atoms with van der Waals surface area (Å²) >= 11 is 0. The summed E-state index contributed by atoms with van der Waals surface area (Å²) in [5.74, 6) is -5.54. The van der Waals surface area contributed by atoms with Crippen LogP contribution >= 0.6 is 0 Å². The Morgan fingerprint density at radius 2 is 1.56 bits per heavy atom. The summed E-state index contributed by atoms with van der Waals surface area (Å²) in [6.45, 7) is -0.399. The van der Waals surface area contributed by atoms with E-state index in [0.29, 0.717) is 30.5 Å². The maximum Gasteiger partial charge on any atom is 0.432 e. The minimum absolute atomic E-state index is 0.0955. The second-order valence-electron chi connectivity index (χ2n) is 9.44. The Labute approximate surface area is 221 Å². The molecule has 0 radical (unpaired) electrons. The van der Waals surface area contributed by atoms with Gasteiger partial charge in [-0.15, -0.1) is 0 Å². The lowest BCUT2D eigenvalue weighted by atomic mass is 9.78. The minimum Gasteiger partial charge on any atom is -0.429 e. The number of alkyl halides is 3. The number of nitriles is 1. The van der Waals surface area contributed by atoms with Crippen LogP contribution in [0.5, 0.6) is 5.75 Å². The first-order valence-electron chi connectivity index (χ1n) is 12.4. The lowest BCUT2D eigenvalue weighted by Crippen LogP contribution is -2.25. The first-order chi connectivity index (χ1) is 18.6. The zero-order chi connectivity index (χ0) is 28.2. The standard InChI is InChI=1S/C30H24F7NO/c31-12-2-1-3-18-4-6-19(7-5-18)20-9-11-24(26(33)13-20)22-14-27(34)29(28(35)15-22)30(36,37)39-23-10-8-21(17-38)25(32)16-23/h1,3,8-11,13-16,18-19H,2,4-7,12H2. The maximum absolute atomic E-state index is 15.0. The van der Waals surface area contributed by atoms with E-state index in [9.17, 15) is 26.3 Å². The van der Waals surface area contributed by atoms with Crippen molar-refractivity contribution >= 4 is 0 Å². The molecule has 0 spiro atoms. The second kappa shape index (κ2) is 11.9. The Bertz CT molecular complexity index is 1380. The number of rotatable bonds is 8. The SMILES string of the molecule is N#Cc1ccc(OC(F)(F)c2c(F)cc(-c3ccc(C4CCC(C=CCCF)CC4)cc3F)cc2F)cc1F. The van der Waals surface area contributed by atoms with Crippen LogP contribution in [0.25, 0.3) is 11.1 Å². The van der Waals surface area contributed by atoms with E-state index >= 15 is 4.39 Å². The molecular formula is C30H24F7NO. The molecule has 2 nitrogen and oxygen atoms in total. The monoisotopic (exact) mass is 547 g/mol. The van der Waals surface area contributed by atoms with Crippen molar-refractivity contribution in [2.75, 3.05) is 6.67 Å². The van der Waals surface area contributed by atoms with Gasteiger partial charge in [0.25, 0.3) is 0 Å². The van der Waals surface area contributed by atoms with Crippen LogP contribution in [0.4, 0.5) is 30.7 Å². The quantitative estimate of drug-likeness (QED) is 0.208. The van der Waals surface area contributed by atoms with Crippen LogP contribution < -0.4 is 4.74 Å². The molecule has 39 heavy (non-hydrogen) atoms. The normalized spacial score (nSPS) is 17.8. The topological polar surface area (TPSA) is 33.0 Å². The Morgan fingerprint density at radius 1 is 0.872 bits per heavy atom. The van der Waals surface area contributed by atoms with Gasteiger partial charge in [0.15, 0.2) is 0 Å². The molecule has 0 amide bonds. The molecule has 204 valence electrons. The van der Waals surface area contributed by atoms with Gasteiger partial charge in [0.2, 0.25) is 0 Å². The molecule has 0 N–H and O–H groups in total. The first-order valence-corrected chi connectivity index (χ1v) is 12.4. The lowest BCUT2D eigenvalue weighted by molar-refractivity contribution is -0.189. The van der Waals surface area contributed by atoms with Crippen molar-refractivity contribution in [2.45, 2.75) is 44.1 Å². The molecule has 0 aromatic heterocycles. The van der Waals surface area contributed by atoms with Gasteiger partial charge >= 0.3 is 6.11 Å². The molecule has 0 bridgehead atoms. The molecule has 1 fully saturated rings. The van der Waals surface area contributed by atoms with Crippen LogP contribution in [0.15, 0.2) is 60.7 Å². The third-order valence-corrected chi connectivity index (χ3v) is 6.87. The number of ether oxygens (including phenoxy) is 1. The first kappa shape index (κ1) is 28.2. The number of allylic oxidation sites excluding steroid dienone is 2. The average molecular weight is 548 g/mol. The van der Waals surface area contributed by atoms with Crippen LogP contribution in [0, 0.1) is 40.5 Å². The molecule has 1 aliphatic carbocycles. The van der Waals surface area contributed by atoms with Crippen molar-refractivity contribution < 1.29 is 35.5 Å². The van der Waals surface area contributed by atoms with Gasteiger partial charge < -0.3 is 4.74 Å². The number of benzene rings is 3. The summed E-state index contributed by atoms with van der Waals surface area (Å²) in [5, 5.41) is 8.74. The smallest absolute Gasteiger partial charge is 0.429 e. The molecule has 9 heteroatoms. The zero-order valence-electron chi connectivity index (χ0n) is 20.7. The third kappa shape index (κ3) is 6.44. The largest absolute Gasteiger partial charge is 0.432 e. The summed E-state index contributed by atoms with van der Waals surface area (Å²) < 4.78 is 104. The van der Waals surface area contributed by atoms with Gasteiger partial charge in [-0.3, -0.25) is 4.39 Å². The van der Waals surface area contributed by atoms with Gasteiger partial charge in [-0.05, 0) is 85.4 Å². The lowest BCUT2D eigenvalue weighted by Gasteiger charge is -2.27. The Kier molecular flexibility index (Phi) is 8.63. The fraction of sp³-hybridized carbons (Fsp3) is 0.300. The summed E-state index contributed by atoms with van der Waals surface area (Å²) in [6, 6.07) is 9.25. The molecule has 3 aromatic carbocycles. The van der Waals surface area contributed by atoms with Crippen LogP contribution in [-0.2, 0) is 6.11 Å². The van der Waals surface area contributed by atoms with E-state index in [1.807, 2.05) is 12.2 Å². The molecule has 1 aliphatic rings. The Hall–Kier alpha value is -3.80. The fourth-order valence-corrected chi connectivity index (χ4v) is 4.87. The number of hydrogen-bond donors (Lipinski definition) is 0. The summed E-state index contributed by atoms with van der Waals surface area (Å²) in [4.78, 5) is 0. The molecule has 0 atom stereocenters. The van der Waals surface area contributed by atoms with Crippen LogP contribution in [0.1, 0.15) is 54.7 Å². The van der Waals surface area contributed by atoms with E-state index in [-0.39, 0.29) is 17.0 Å². The van der Waals surface area contributed by atoms with Gasteiger partial charge in [-0.2, -0.15) is 14.0 Å². The summed E-state index contributed by atoms with van der Waals surface area (Å²) in [7, 11) is 0. The van der Waals surface area contributed by atoms with E-state index in [2.05, 4.69) is 4.74 Å². The molecule has 4 rings (SSSR count). The van der Waals surface area contributed by atoms with Crippen molar-refractivity contribution in [2.24, 2.45) is 5.92 Å². The van der Waals surface area contributed by atoms with Crippen molar-refractivity contribution in [3.63, 3.8) is 0 Å². The molecule has 0 unspecified atom stereocenters. The predicted molar refractivity (Wildman–Crippen MR) is 132 cm³/mol. The van der Waals surface area contributed by atoms with E-state index in [0.717, 1.165) is 43.4 Å². The predicted octanol–water partition coefficient (Wildman–Crippen LogP) is 9.10. The number of hydrogen-bond acceptors (Lipinski definition) is 2. The molecule has 0 saturated heterocycles. The van der Waals surface area contributed by atoms with Crippen molar-refractivity contribution in [3.05, 3.63) is 101 Å². The molecule has 3 aromatic rings. The summed E-state index contributed by atoms with van der Waals surface area (Å²) in [6.07, 6.45) is 3.06. The number of halogens is 7. The Balaban J connectivity index is 1.52. The van der Waals surface area contributed by atoms with Gasteiger partial charge in [0, 0.05) is 11.6 Å². The molecule has 0 heterocycles. The van der Waals surface area contributed by atoms with Crippen LogP contribution in [-0.4, -0.2) is 6.67 Å². The maximum atomic E-state index is 15.0. The number of nitrogens with zero attached hydrogens (tertiary/aromatic N) is 1. The Morgan fingerprint density at radius 3 is 2.15 bits per heavy atom. The fourth-order valence-electron chi connectivity index (χ4n) is 4.87. The highest BCUT2D eigenvalue weighted by molar-refractivity contribution is 5.65. The van der Waals surface area contributed by atoms with E-state index in [4.69, 9.17) is 5.26 Å². The third-order valence-electron chi connectivity index (χ3n) is 6.87. The van der Waals surface area contributed by atoms with Gasteiger partial charge in [0.05, 0.1) is 12.2 Å². The second-order valence-corrected chi connectivity index (χ2v) is 9.44. The highest BCUT2D eigenvalue weighted by Crippen LogP contribution is 2.40. The van der Waals surface area contributed by atoms with Gasteiger partial charge in [-0.1, -0.05) is 24.3 Å². The summed E-state index contributed by atoms with van der Waals surface area (Å²) in [5.41, 5.74) is -1.85. The van der Waals surface area contributed by atoms with E-state index in [1.54, 1.807) is 6.07 Å². The molecule has 0 aliphatic heterocycles. The highest BCUT2D eigenvalue weighted by Gasteiger charge is 2.41. The van der Waals surface area contributed by atoms with Crippen molar-refractivity contribution in [3.8, 4) is 22.9 Å². The molecular weight excluding hydrogens is 523 g/mol. The minimum atomic E-state index is -4.53. The van der Waals surface area contributed by atoms with Crippen LogP contribution in [0.2, 0.25) is 0 Å². The van der Waals surface area contributed by atoms with Crippen LogP contribution in [0.3, 0.4) is 0 Å². The van der Waals surface area contributed by atoms with E-state index < -0.39 is 52.9 Å². The average Bonchev–Trinajstić information content (AvgIpc) is 2.88.